The number of primary amides is 1. The average molecular weight is 490 g/mol. The largest absolute Gasteiger partial charge is 0.438 e. The van der Waals surface area contributed by atoms with Crippen molar-refractivity contribution in [3.05, 3.63) is 80.9 Å². The second kappa shape index (κ2) is 8.46. The first kappa shape index (κ1) is 23.8. The van der Waals surface area contributed by atoms with Crippen LogP contribution in [0.4, 0.5) is 22.0 Å². The van der Waals surface area contributed by atoms with Gasteiger partial charge in [-0.3, -0.25) is 14.6 Å². The van der Waals surface area contributed by atoms with Gasteiger partial charge in [0.15, 0.2) is 22.8 Å². The fraction of sp³-hybridized carbons (Fsp3) is 0.130. The maximum absolute atomic E-state index is 14.0. The zero-order valence-corrected chi connectivity index (χ0v) is 18.1. The van der Waals surface area contributed by atoms with Gasteiger partial charge in [-0.15, -0.1) is 0 Å². The van der Waals surface area contributed by atoms with Crippen LogP contribution in [0.5, 0.6) is 11.6 Å². The number of aryl methyl sites for hydroxylation is 1. The maximum Gasteiger partial charge on any atom is 0.433 e. The Morgan fingerprint density at radius 1 is 1.11 bits per heavy atom. The molecule has 0 bridgehead atoms. The number of fused-ring (bicyclic) bond motifs is 1. The van der Waals surface area contributed by atoms with Crippen LogP contribution in [0.15, 0.2) is 41.3 Å². The summed E-state index contributed by atoms with van der Waals surface area (Å²) in [5.41, 5.74) is 2.50. The van der Waals surface area contributed by atoms with Gasteiger partial charge in [0.1, 0.15) is 11.4 Å². The van der Waals surface area contributed by atoms with Gasteiger partial charge in [-0.25, -0.2) is 13.8 Å². The van der Waals surface area contributed by atoms with E-state index in [1.165, 1.54) is 26.1 Å². The van der Waals surface area contributed by atoms with Crippen molar-refractivity contribution in [2.75, 3.05) is 0 Å². The second-order valence-corrected chi connectivity index (χ2v) is 7.58. The van der Waals surface area contributed by atoms with Gasteiger partial charge >= 0.3 is 6.18 Å². The van der Waals surface area contributed by atoms with Gasteiger partial charge in [-0.05, 0) is 43.7 Å². The van der Waals surface area contributed by atoms with E-state index in [1.54, 1.807) is 0 Å². The van der Waals surface area contributed by atoms with Crippen LogP contribution in [0.1, 0.15) is 27.3 Å². The van der Waals surface area contributed by atoms with Gasteiger partial charge in [-0.1, -0.05) is 0 Å². The Morgan fingerprint density at radius 3 is 2.49 bits per heavy atom. The summed E-state index contributed by atoms with van der Waals surface area (Å²) in [5, 5.41) is -0.112. The highest BCUT2D eigenvalue weighted by atomic mass is 19.4. The number of alkyl halides is 3. The monoisotopic (exact) mass is 490 g/mol. The minimum atomic E-state index is -4.84. The number of amides is 1. The molecule has 3 heterocycles. The van der Waals surface area contributed by atoms with Crippen LogP contribution in [-0.4, -0.2) is 20.9 Å². The SMILES string of the molecule is Cc1cc(-c2cc(=O)c3c(C(N)=O)nccc3[nH]2)c(Oc2ccc(F)c(F)c2C)nc1C(F)(F)F. The van der Waals surface area contributed by atoms with E-state index < -0.39 is 40.7 Å². The Morgan fingerprint density at radius 2 is 1.83 bits per heavy atom. The molecule has 0 aliphatic carbocycles. The summed E-state index contributed by atoms with van der Waals surface area (Å²) in [4.78, 5) is 34.7. The van der Waals surface area contributed by atoms with Gasteiger partial charge in [0, 0.05) is 17.8 Å². The third-order valence-electron chi connectivity index (χ3n) is 5.21. The second-order valence-electron chi connectivity index (χ2n) is 7.58. The van der Waals surface area contributed by atoms with Crippen molar-refractivity contribution < 1.29 is 31.5 Å². The van der Waals surface area contributed by atoms with Crippen molar-refractivity contribution in [3.8, 4) is 22.9 Å². The summed E-state index contributed by atoms with van der Waals surface area (Å²) in [6, 6.07) is 5.28. The van der Waals surface area contributed by atoms with E-state index in [-0.39, 0.29) is 44.7 Å². The van der Waals surface area contributed by atoms with E-state index in [1.807, 2.05) is 0 Å². The standard InChI is InChI=1S/C23H15F5N4O3/c1-9-7-11(14-8-15(33)17-13(31-14)5-6-30-19(17)21(29)34)22(32-20(9)23(26,27)28)35-16-4-3-12(24)18(25)10(16)2/h3-8H,1-2H3,(H2,29,34)(H,31,33). The van der Waals surface area contributed by atoms with Crippen molar-refractivity contribution in [1.82, 2.24) is 15.0 Å². The Hall–Kier alpha value is -4.35. The van der Waals surface area contributed by atoms with Crippen LogP contribution < -0.4 is 15.9 Å². The van der Waals surface area contributed by atoms with Gasteiger partial charge in [0.05, 0.1) is 22.2 Å². The molecule has 3 aromatic heterocycles. The summed E-state index contributed by atoms with van der Waals surface area (Å²) in [5.74, 6) is -4.24. The zero-order valence-electron chi connectivity index (χ0n) is 18.1. The molecular formula is C23H15F5N4O3. The lowest BCUT2D eigenvalue weighted by Gasteiger charge is -2.17. The lowest BCUT2D eigenvalue weighted by molar-refractivity contribution is -0.141. The van der Waals surface area contributed by atoms with Crippen molar-refractivity contribution in [1.29, 1.82) is 0 Å². The average Bonchev–Trinajstić information content (AvgIpc) is 2.78. The summed E-state index contributed by atoms with van der Waals surface area (Å²) in [6.45, 7) is 2.35. The number of pyridine rings is 3. The normalized spacial score (nSPS) is 11.6. The number of halogens is 5. The lowest BCUT2D eigenvalue weighted by Crippen LogP contribution is -2.18. The topological polar surface area (TPSA) is 111 Å². The Balaban J connectivity index is 1.98. The fourth-order valence-corrected chi connectivity index (χ4v) is 3.53. The third-order valence-corrected chi connectivity index (χ3v) is 5.21. The van der Waals surface area contributed by atoms with E-state index in [4.69, 9.17) is 10.5 Å². The Labute approximate surface area is 193 Å². The molecule has 0 saturated heterocycles. The van der Waals surface area contributed by atoms with Crippen LogP contribution in [-0.2, 0) is 6.18 Å². The number of rotatable bonds is 4. The number of nitrogens with zero attached hydrogens (tertiary/aromatic N) is 2. The molecule has 180 valence electrons. The predicted molar refractivity (Wildman–Crippen MR) is 115 cm³/mol. The minimum absolute atomic E-state index is 0.0105. The van der Waals surface area contributed by atoms with Crippen LogP contribution >= 0.6 is 0 Å². The fourth-order valence-electron chi connectivity index (χ4n) is 3.53. The minimum Gasteiger partial charge on any atom is -0.438 e. The molecule has 7 nitrogen and oxygen atoms in total. The van der Waals surface area contributed by atoms with E-state index in [0.29, 0.717) is 0 Å². The molecule has 4 aromatic rings. The first-order valence-electron chi connectivity index (χ1n) is 9.92. The van der Waals surface area contributed by atoms with Gasteiger partial charge in [0.2, 0.25) is 5.88 Å². The molecule has 1 amide bonds. The predicted octanol–water partition coefficient (Wildman–Crippen LogP) is 4.79. The van der Waals surface area contributed by atoms with Crippen LogP contribution in [0.3, 0.4) is 0 Å². The molecule has 0 spiro atoms. The van der Waals surface area contributed by atoms with Crippen LogP contribution in [0.25, 0.3) is 22.2 Å². The smallest absolute Gasteiger partial charge is 0.433 e. The molecule has 0 aliphatic heterocycles. The number of aromatic nitrogens is 3. The van der Waals surface area contributed by atoms with Gasteiger partial charge < -0.3 is 15.5 Å². The molecule has 35 heavy (non-hydrogen) atoms. The Bertz CT molecular complexity index is 1560. The number of carbonyl (C=O) groups excluding carboxylic acids is 1. The number of benzene rings is 1. The molecule has 0 unspecified atom stereocenters. The highest BCUT2D eigenvalue weighted by Crippen LogP contribution is 2.39. The molecule has 4 rings (SSSR count). The number of carbonyl (C=O) groups is 1. The lowest BCUT2D eigenvalue weighted by atomic mass is 10.1. The van der Waals surface area contributed by atoms with Crippen molar-refractivity contribution in [3.63, 3.8) is 0 Å². The first-order valence-corrected chi connectivity index (χ1v) is 9.92. The summed E-state index contributed by atoms with van der Waals surface area (Å²) in [7, 11) is 0. The van der Waals surface area contributed by atoms with E-state index in [9.17, 15) is 31.5 Å². The number of hydrogen-bond donors (Lipinski definition) is 2. The third kappa shape index (κ3) is 4.29. The first-order chi connectivity index (χ1) is 16.4. The molecule has 0 atom stereocenters. The number of ether oxygens (including phenoxy) is 1. The molecule has 1 aromatic carbocycles. The maximum atomic E-state index is 14.0. The van der Waals surface area contributed by atoms with Crippen molar-refractivity contribution in [2.45, 2.75) is 20.0 Å². The molecule has 3 N–H and O–H groups in total. The van der Waals surface area contributed by atoms with Gasteiger partial charge in [-0.2, -0.15) is 13.2 Å². The van der Waals surface area contributed by atoms with Crippen molar-refractivity contribution in [2.24, 2.45) is 5.73 Å². The van der Waals surface area contributed by atoms with E-state index in [0.717, 1.165) is 24.3 Å². The number of nitrogens with two attached hydrogens (primary N) is 1. The molecule has 0 radical (unpaired) electrons. The quantitative estimate of drug-likeness (QED) is 0.400. The highest BCUT2D eigenvalue weighted by molar-refractivity contribution is 6.03. The van der Waals surface area contributed by atoms with Crippen molar-refractivity contribution >= 4 is 16.8 Å². The molecule has 0 fully saturated rings. The zero-order chi connectivity index (χ0) is 25.7. The number of H-pyrrole nitrogens is 1. The van der Waals surface area contributed by atoms with Gasteiger partial charge in [0.25, 0.3) is 5.91 Å². The summed E-state index contributed by atoms with van der Waals surface area (Å²) >= 11 is 0. The van der Waals surface area contributed by atoms with E-state index in [2.05, 4.69) is 15.0 Å². The number of nitrogens with one attached hydrogen (secondary N) is 1. The Kier molecular flexibility index (Phi) is 5.75. The summed E-state index contributed by atoms with van der Waals surface area (Å²) in [6.07, 6.45) is -3.62. The van der Waals surface area contributed by atoms with Crippen LogP contribution in [0.2, 0.25) is 0 Å². The summed E-state index contributed by atoms with van der Waals surface area (Å²) < 4.78 is 73.7. The number of aromatic amines is 1. The highest BCUT2D eigenvalue weighted by Gasteiger charge is 2.36. The number of hydrogen-bond acceptors (Lipinski definition) is 5. The molecule has 0 saturated carbocycles. The van der Waals surface area contributed by atoms with Crippen LogP contribution in [0, 0.1) is 25.5 Å². The van der Waals surface area contributed by atoms with E-state index >= 15 is 0 Å². The molecular weight excluding hydrogens is 475 g/mol. The molecule has 0 aliphatic rings. The molecule has 12 heteroatoms.